The lowest BCUT2D eigenvalue weighted by molar-refractivity contribution is -0.384. The van der Waals surface area contributed by atoms with Crippen LogP contribution in [0.3, 0.4) is 0 Å². The summed E-state index contributed by atoms with van der Waals surface area (Å²) in [6.45, 7) is -1.03. The minimum atomic E-state index is -1.03. The summed E-state index contributed by atoms with van der Waals surface area (Å²) < 4.78 is 0. The molecule has 0 bridgehead atoms. The quantitative estimate of drug-likeness (QED) is 0.455. The van der Waals surface area contributed by atoms with Gasteiger partial charge in [0.2, 0.25) is 0 Å². The Morgan fingerprint density at radius 1 is 1.31 bits per heavy atom. The fourth-order valence-electron chi connectivity index (χ4n) is 0.861. The van der Waals surface area contributed by atoms with Crippen molar-refractivity contribution in [1.82, 2.24) is 0 Å². The predicted molar refractivity (Wildman–Crippen MR) is 55.4 cm³/mol. The zero-order chi connectivity index (χ0) is 9.84. The van der Waals surface area contributed by atoms with Gasteiger partial charge in [0.15, 0.2) is 0 Å². The first-order valence-corrected chi connectivity index (χ1v) is 6.75. The van der Waals surface area contributed by atoms with Gasteiger partial charge in [-0.1, -0.05) is 34.6 Å². The van der Waals surface area contributed by atoms with Crippen molar-refractivity contribution in [3.8, 4) is 0 Å². The minimum absolute atomic E-state index is 0.0808. The van der Waals surface area contributed by atoms with E-state index in [1.807, 2.05) is 0 Å². The SMILES string of the molecule is O=[N+]([O-])c1ccc(CP(Cl)Cl)cc1. The molecule has 0 aliphatic carbocycles. The van der Waals surface area contributed by atoms with Gasteiger partial charge >= 0.3 is 0 Å². The van der Waals surface area contributed by atoms with E-state index in [0.29, 0.717) is 6.16 Å². The second-order valence-corrected chi connectivity index (χ2v) is 6.27. The van der Waals surface area contributed by atoms with Crippen molar-refractivity contribution in [2.75, 3.05) is 0 Å². The highest BCUT2D eigenvalue weighted by atomic mass is 35.9. The van der Waals surface area contributed by atoms with E-state index in [1.165, 1.54) is 12.1 Å². The number of nitro benzene ring substituents is 1. The van der Waals surface area contributed by atoms with Crippen molar-refractivity contribution >= 4 is 34.8 Å². The number of hydrogen-bond donors (Lipinski definition) is 0. The van der Waals surface area contributed by atoms with Crippen LogP contribution in [0.1, 0.15) is 5.56 Å². The number of nitro groups is 1. The second-order valence-electron chi connectivity index (χ2n) is 2.38. The molecule has 0 spiro atoms. The van der Waals surface area contributed by atoms with Gasteiger partial charge in [-0.3, -0.25) is 10.1 Å². The molecule has 0 saturated carbocycles. The summed E-state index contributed by atoms with van der Waals surface area (Å²) in [6, 6.07) is 6.22. The molecule has 70 valence electrons. The second kappa shape index (κ2) is 4.75. The zero-order valence-corrected chi connectivity index (χ0v) is 8.89. The summed E-state index contributed by atoms with van der Waals surface area (Å²) >= 11 is 11.2. The fourth-order valence-corrected chi connectivity index (χ4v) is 2.18. The highest BCUT2D eigenvalue weighted by molar-refractivity contribution is 8.03. The lowest BCUT2D eigenvalue weighted by Gasteiger charge is -1.99. The van der Waals surface area contributed by atoms with Gasteiger partial charge in [0.1, 0.15) is 0 Å². The van der Waals surface area contributed by atoms with Gasteiger partial charge in [-0.25, -0.2) is 0 Å². The molecule has 0 aliphatic rings. The van der Waals surface area contributed by atoms with Crippen LogP contribution in [0.15, 0.2) is 24.3 Å². The molecular formula is C7H6Cl2NO2P. The first kappa shape index (κ1) is 10.7. The summed E-state index contributed by atoms with van der Waals surface area (Å²) in [7, 11) is 0. The maximum absolute atomic E-state index is 10.3. The molecule has 1 aromatic rings. The van der Waals surface area contributed by atoms with Crippen LogP contribution in [0.4, 0.5) is 5.69 Å². The number of nitrogens with zero attached hydrogens (tertiary/aromatic N) is 1. The van der Waals surface area contributed by atoms with E-state index in [2.05, 4.69) is 0 Å². The third-order valence-corrected chi connectivity index (χ3v) is 2.77. The van der Waals surface area contributed by atoms with Gasteiger partial charge in [0.25, 0.3) is 5.69 Å². The molecule has 0 unspecified atom stereocenters. The molecule has 1 rings (SSSR count). The molecule has 0 aromatic heterocycles. The minimum Gasteiger partial charge on any atom is -0.258 e. The van der Waals surface area contributed by atoms with Gasteiger partial charge in [-0.05, 0) is 5.56 Å². The van der Waals surface area contributed by atoms with Crippen molar-refractivity contribution in [2.24, 2.45) is 0 Å². The van der Waals surface area contributed by atoms with E-state index >= 15 is 0 Å². The van der Waals surface area contributed by atoms with E-state index in [-0.39, 0.29) is 5.69 Å². The Kier molecular flexibility index (Phi) is 3.91. The van der Waals surface area contributed by atoms with Crippen LogP contribution >= 0.6 is 29.1 Å². The van der Waals surface area contributed by atoms with Crippen LogP contribution < -0.4 is 0 Å². The third kappa shape index (κ3) is 3.47. The van der Waals surface area contributed by atoms with E-state index in [4.69, 9.17) is 22.5 Å². The van der Waals surface area contributed by atoms with Crippen LogP contribution in [0.25, 0.3) is 0 Å². The topological polar surface area (TPSA) is 43.1 Å². The van der Waals surface area contributed by atoms with Crippen LogP contribution in [-0.2, 0) is 6.16 Å². The molecule has 13 heavy (non-hydrogen) atoms. The third-order valence-electron chi connectivity index (χ3n) is 1.45. The van der Waals surface area contributed by atoms with Crippen LogP contribution in [0, 0.1) is 10.1 Å². The van der Waals surface area contributed by atoms with Gasteiger partial charge in [-0.2, -0.15) is 0 Å². The van der Waals surface area contributed by atoms with Gasteiger partial charge in [-0.15, -0.1) is 0 Å². The first-order chi connectivity index (χ1) is 6.09. The Balaban J connectivity index is 2.75. The summed E-state index contributed by atoms with van der Waals surface area (Å²) in [4.78, 5) is 9.86. The van der Waals surface area contributed by atoms with Crippen molar-refractivity contribution in [1.29, 1.82) is 0 Å². The molecule has 0 saturated heterocycles. The number of halogens is 2. The maximum Gasteiger partial charge on any atom is 0.269 e. The smallest absolute Gasteiger partial charge is 0.258 e. The number of non-ortho nitro benzene ring substituents is 1. The predicted octanol–water partition coefficient (Wildman–Crippen LogP) is 3.88. The van der Waals surface area contributed by atoms with Gasteiger partial charge in [0, 0.05) is 18.3 Å². The normalized spacial score (nSPS) is 10.4. The number of benzene rings is 1. The van der Waals surface area contributed by atoms with Crippen molar-refractivity contribution in [3.05, 3.63) is 39.9 Å². The molecule has 0 atom stereocenters. The van der Waals surface area contributed by atoms with E-state index < -0.39 is 11.6 Å². The van der Waals surface area contributed by atoms with E-state index in [1.54, 1.807) is 12.1 Å². The maximum atomic E-state index is 10.3. The number of rotatable bonds is 3. The summed E-state index contributed by atoms with van der Waals surface area (Å²) in [5.74, 6) is 0. The molecule has 3 nitrogen and oxygen atoms in total. The molecule has 6 heteroatoms. The molecular weight excluding hydrogens is 232 g/mol. The highest BCUT2D eigenvalue weighted by Crippen LogP contribution is 2.49. The lowest BCUT2D eigenvalue weighted by Crippen LogP contribution is -1.87. The van der Waals surface area contributed by atoms with E-state index in [0.717, 1.165) is 5.56 Å². The molecule has 0 radical (unpaired) electrons. The Bertz CT molecular complexity index is 302. The summed E-state index contributed by atoms with van der Waals surface area (Å²) in [5.41, 5.74) is 0.999. The standard InChI is InChI=1S/C7H6Cl2NO2P/c8-13(9)5-6-1-3-7(4-2-6)10(11)12/h1-4H,5H2. The van der Waals surface area contributed by atoms with Gasteiger partial charge in [0.05, 0.1) is 11.6 Å². The van der Waals surface area contributed by atoms with Crippen LogP contribution in [-0.4, -0.2) is 4.92 Å². The Morgan fingerprint density at radius 2 is 1.85 bits per heavy atom. The molecule has 0 heterocycles. The average molecular weight is 238 g/mol. The van der Waals surface area contributed by atoms with Crippen molar-refractivity contribution in [2.45, 2.75) is 6.16 Å². The van der Waals surface area contributed by atoms with Crippen molar-refractivity contribution in [3.63, 3.8) is 0 Å². The van der Waals surface area contributed by atoms with Crippen LogP contribution in [0.2, 0.25) is 0 Å². The molecule has 0 N–H and O–H groups in total. The summed E-state index contributed by atoms with van der Waals surface area (Å²) in [5, 5.41) is 10.3. The first-order valence-electron chi connectivity index (χ1n) is 3.42. The number of hydrogen-bond acceptors (Lipinski definition) is 2. The average Bonchev–Trinajstić information content (AvgIpc) is 2.04. The fraction of sp³-hybridized carbons (Fsp3) is 0.143. The Morgan fingerprint density at radius 3 is 2.23 bits per heavy atom. The van der Waals surface area contributed by atoms with Gasteiger partial charge < -0.3 is 0 Å². The Labute approximate surface area is 86.1 Å². The lowest BCUT2D eigenvalue weighted by atomic mass is 10.2. The largest absolute Gasteiger partial charge is 0.269 e. The van der Waals surface area contributed by atoms with E-state index in [9.17, 15) is 10.1 Å². The molecule has 0 fully saturated rings. The molecule has 0 amide bonds. The summed E-state index contributed by atoms with van der Waals surface area (Å²) in [6.07, 6.45) is 0.566. The Hall–Kier alpha value is -0.370. The molecule has 1 aromatic carbocycles. The van der Waals surface area contributed by atoms with Crippen molar-refractivity contribution < 1.29 is 4.92 Å². The highest BCUT2D eigenvalue weighted by Gasteiger charge is 2.05. The zero-order valence-electron chi connectivity index (χ0n) is 6.48. The molecule has 0 aliphatic heterocycles. The van der Waals surface area contributed by atoms with Crippen LogP contribution in [0.5, 0.6) is 0 Å². The monoisotopic (exact) mass is 237 g/mol.